The number of carbonyl (C=O) groups excluding carboxylic acids is 1. The van der Waals surface area contributed by atoms with Gasteiger partial charge in [0.2, 0.25) is 0 Å². The lowest BCUT2D eigenvalue weighted by Crippen LogP contribution is -2.44. The third kappa shape index (κ3) is 4.81. The Morgan fingerprint density at radius 1 is 1.26 bits per heavy atom. The molecule has 148 valence electrons. The van der Waals surface area contributed by atoms with E-state index in [0.29, 0.717) is 12.1 Å². The van der Waals surface area contributed by atoms with E-state index in [-0.39, 0.29) is 36.0 Å². The second-order valence-corrected chi connectivity index (χ2v) is 6.54. The number of amides is 1. The SMILES string of the molecule is Cl.NCC1CCCCC1NC(=O)c1cccc(-n2nccc2C(F)(F)F)c1. The van der Waals surface area contributed by atoms with Crippen LogP contribution in [0.1, 0.15) is 41.7 Å². The molecule has 3 rings (SSSR count). The molecule has 1 heterocycles. The molecular formula is C18H22ClF3N4O. The van der Waals surface area contributed by atoms with Crippen molar-refractivity contribution in [2.24, 2.45) is 11.7 Å². The van der Waals surface area contributed by atoms with E-state index < -0.39 is 11.9 Å². The van der Waals surface area contributed by atoms with Gasteiger partial charge < -0.3 is 11.1 Å². The Hall–Kier alpha value is -2.06. The van der Waals surface area contributed by atoms with Gasteiger partial charge in [-0.05, 0) is 49.6 Å². The van der Waals surface area contributed by atoms with Crippen LogP contribution in [0.2, 0.25) is 0 Å². The molecule has 9 heteroatoms. The predicted octanol–water partition coefficient (Wildman–Crippen LogP) is 3.56. The highest BCUT2D eigenvalue weighted by atomic mass is 35.5. The van der Waals surface area contributed by atoms with E-state index in [4.69, 9.17) is 5.73 Å². The van der Waals surface area contributed by atoms with Gasteiger partial charge in [-0.25, -0.2) is 4.68 Å². The van der Waals surface area contributed by atoms with E-state index >= 15 is 0 Å². The molecule has 1 aliphatic rings. The standard InChI is InChI=1S/C18H21F3N4O.ClH/c19-18(20,21)16-8-9-23-25(16)14-6-3-5-12(10-14)17(26)24-15-7-2-1-4-13(15)11-22;/h3,5-6,8-10,13,15H,1-2,4,7,11,22H2,(H,24,26);1H. The maximum absolute atomic E-state index is 13.1. The molecule has 3 N–H and O–H groups in total. The van der Waals surface area contributed by atoms with Crippen LogP contribution < -0.4 is 11.1 Å². The number of nitrogens with two attached hydrogens (primary N) is 1. The average Bonchev–Trinajstić information content (AvgIpc) is 3.12. The van der Waals surface area contributed by atoms with Gasteiger partial charge in [-0.3, -0.25) is 4.79 Å². The molecule has 5 nitrogen and oxygen atoms in total. The number of hydrogen-bond acceptors (Lipinski definition) is 3. The third-order valence-electron chi connectivity index (χ3n) is 4.81. The van der Waals surface area contributed by atoms with Crippen LogP contribution in [0.15, 0.2) is 36.5 Å². The van der Waals surface area contributed by atoms with Gasteiger partial charge in [0.25, 0.3) is 5.91 Å². The van der Waals surface area contributed by atoms with E-state index in [1.54, 1.807) is 12.1 Å². The molecule has 1 aromatic carbocycles. The summed E-state index contributed by atoms with van der Waals surface area (Å²) < 4.78 is 40.0. The molecule has 1 amide bonds. The van der Waals surface area contributed by atoms with Crippen molar-refractivity contribution in [2.45, 2.75) is 37.9 Å². The second kappa shape index (κ2) is 8.75. The monoisotopic (exact) mass is 402 g/mol. The molecule has 0 aliphatic heterocycles. The van der Waals surface area contributed by atoms with Crippen molar-refractivity contribution in [3.05, 3.63) is 47.8 Å². The summed E-state index contributed by atoms with van der Waals surface area (Å²) in [6, 6.07) is 6.93. The largest absolute Gasteiger partial charge is 0.433 e. The summed E-state index contributed by atoms with van der Waals surface area (Å²) in [5.74, 6) is -0.0725. The first-order valence-electron chi connectivity index (χ1n) is 8.62. The topological polar surface area (TPSA) is 72.9 Å². The van der Waals surface area contributed by atoms with Gasteiger partial charge in [0, 0.05) is 11.6 Å². The van der Waals surface area contributed by atoms with E-state index in [2.05, 4.69) is 10.4 Å². The van der Waals surface area contributed by atoms with Crippen molar-refractivity contribution in [1.82, 2.24) is 15.1 Å². The fourth-order valence-electron chi connectivity index (χ4n) is 3.43. The normalized spacial score (nSPS) is 20.0. The van der Waals surface area contributed by atoms with Crippen LogP contribution in [0.5, 0.6) is 0 Å². The van der Waals surface area contributed by atoms with Gasteiger partial charge in [-0.1, -0.05) is 18.9 Å². The second-order valence-electron chi connectivity index (χ2n) is 6.54. The Balaban J connectivity index is 0.00000261. The van der Waals surface area contributed by atoms with Crippen LogP contribution in [0, 0.1) is 5.92 Å². The lowest BCUT2D eigenvalue weighted by Gasteiger charge is -2.31. The number of benzene rings is 1. The molecule has 2 aromatic rings. The fourth-order valence-corrected chi connectivity index (χ4v) is 3.43. The van der Waals surface area contributed by atoms with Crippen LogP contribution >= 0.6 is 12.4 Å². The molecule has 1 aromatic heterocycles. The van der Waals surface area contributed by atoms with Crippen LogP contribution in [0.3, 0.4) is 0 Å². The highest BCUT2D eigenvalue weighted by Gasteiger charge is 2.35. The smallest absolute Gasteiger partial charge is 0.349 e. The summed E-state index contributed by atoms with van der Waals surface area (Å²) in [5.41, 5.74) is 5.39. The van der Waals surface area contributed by atoms with E-state index in [1.165, 1.54) is 12.1 Å². The molecule has 2 unspecified atom stereocenters. The summed E-state index contributed by atoms with van der Waals surface area (Å²) in [6.45, 7) is 0.507. The fraction of sp³-hybridized carbons (Fsp3) is 0.444. The average molecular weight is 403 g/mol. The van der Waals surface area contributed by atoms with Crippen molar-refractivity contribution in [2.75, 3.05) is 6.54 Å². The van der Waals surface area contributed by atoms with E-state index in [1.807, 2.05) is 0 Å². The number of rotatable bonds is 4. The van der Waals surface area contributed by atoms with Crippen molar-refractivity contribution in [3.63, 3.8) is 0 Å². The summed E-state index contributed by atoms with van der Waals surface area (Å²) in [6.07, 6.45) is 0.538. The van der Waals surface area contributed by atoms with Gasteiger partial charge in [-0.2, -0.15) is 18.3 Å². The van der Waals surface area contributed by atoms with Crippen LogP contribution in [-0.4, -0.2) is 28.3 Å². The van der Waals surface area contributed by atoms with E-state index in [0.717, 1.165) is 42.6 Å². The number of carbonyl (C=O) groups is 1. The molecular weight excluding hydrogens is 381 g/mol. The Morgan fingerprint density at radius 3 is 2.70 bits per heavy atom. The Morgan fingerprint density at radius 2 is 2.00 bits per heavy atom. The van der Waals surface area contributed by atoms with Crippen molar-refractivity contribution in [3.8, 4) is 5.69 Å². The zero-order valence-electron chi connectivity index (χ0n) is 14.6. The number of aromatic nitrogens is 2. The lowest BCUT2D eigenvalue weighted by atomic mass is 9.84. The Labute approximate surface area is 161 Å². The van der Waals surface area contributed by atoms with Gasteiger partial charge in [-0.15, -0.1) is 12.4 Å². The van der Waals surface area contributed by atoms with Gasteiger partial charge >= 0.3 is 6.18 Å². The number of nitrogens with one attached hydrogen (secondary N) is 1. The van der Waals surface area contributed by atoms with Crippen molar-refractivity contribution >= 4 is 18.3 Å². The molecule has 1 fully saturated rings. The Kier molecular flexibility index (Phi) is 6.89. The summed E-state index contributed by atoms with van der Waals surface area (Å²) in [5, 5.41) is 6.73. The predicted molar refractivity (Wildman–Crippen MR) is 98.1 cm³/mol. The third-order valence-corrected chi connectivity index (χ3v) is 4.81. The molecule has 1 saturated carbocycles. The first-order chi connectivity index (χ1) is 12.4. The van der Waals surface area contributed by atoms with Gasteiger partial charge in [0.05, 0.1) is 11.9 Å². The molecule has 0 radical (unpaired) electrons. The number of alkyl halides is 3. The first kappa shape index (κ1) is 21.2. The maximum Gasteiger partial charge on any atom is 0.433 e. The maximum atomic E-state index is 13.1. The highest BCUT2D eigenvalue weighted by molar-refractivity contribution is 5.95. The van der Waals surface area contributed by atoms with Gasteiger partial charge in [0.1, 0.15) is 5.69 Å². The number of hydrogen-bond donors (Lipinski definition) is 2. The zero-order chi connectivity index (χ0) is 18.7. The van der Waals surface area contributed by atoms with Crippen LogP contribution in [-0.2, 0) is 6.18 Å². The first-order valence-corrected chi connectivity index (χ1v) is 8.62. The quantitative estimate of drug-likeness (QED) is 0.821. The van der Waals surface area contributed by atoms with Crippen LogP contribution in [0.25, 0.3) is 5.69 Å². The molecule has 0 bridgehead atoms. The summed E-state index contributed by atoms with van der Waals surface area (Å²) in [4.78, 5) is 12.6. The summed E-state index contributed by atoms with van der Waals surface area (Å²) in [7, 11) is 0. The molecule has 1 aliphatic carbocycles. The van der Waals surface area contributed by atoms with Crippen molar-refractivity contribution < 1.29 is 18.0 Å². The number of nitrogens with zero attached hydrogens (tertiary/aromatic N) is 2. The van der Waals surface area contributed by atoms with Gasteiger partial charge in [0.15, 0.2) is 0 Å². The number of halogens is 4. The minimum atomic E-state index is -4.52. The zero-order valence-corrected chi connectivity index (χ0v) is 15.4. The molecule has 2 atom stereocenters. The van der Waals surface area contributed by atoms with E-state index in [9.17, 15) is 18.0 Å². The molecule has 0 saturated heterocycles. The van der Waals surface area contributed by atoms with Crippen molar-refractivity contribution in [1.29, 1.82) is 0 Å². The summed E-state index contributed by atoms with van der Waals surface area (Å²) >= 11 is 0. The minimum Gasteiger partial charge on any atom is -0.349 e. The lowest BCUT2D eigenvalue weighted by molar-refractivity contribution is -0.142. The van der Waals surface area contributed by atoms with Crippen LogP contribution in [0.4, 0.5) is 13.2 Å². The molecule has 0 spiro atoms. The minimum absolute atomic E-state index is 0. The molecule has 27 heavy (non-hydrogen) atoms. The Bertz CT molecular complexity index is 778. The highest BCUT2D eigenvalue weighted by Crippen LogP contribution is 2.30.